The summed E-state index contributed by atoms with van der Waals surface area (Å²) in [6, 6.07) is 12.0. The molecule has 1 aliphatic heterocycles. The van der Waals surface area contributed by atoms with E-state index in [2.05, 4.69) is 5.32 Å². The predicted octanol–water partition coefficient (Wildman–Crippen LogP) is 3.29. The van der Waals surface area contributed by atoms with Crippen molar-refractivity contribution in [2.45, 2.75) is 17.7 Å². The Balaban J connectivity index is 1.65. The molecular formula is C18H18ClN3O5S. The summed E-state index contributed by atoms with van der Waals surface area (Å²) in [6.45, 7) is 0.440. The molecule has 2 aromatic carbocycles. The topological polar surface area (TPSA) is 110 Å². The van der Waals surface area contributed by atoms with Gasteiger partial charge in [0.25, 0.3) is 5.69 Å². The van der Waals surface area contributed by atoms with Gasteiger partial charge in [0.2, 0.25) is 15.9 Å². The maximum absolute atomic E-state index is 12.6. The van der Waals surface area contributed by atoms with Gasteiger partial charge in [-0.1, -0.05) is 29.8 Å². The van der Waals surface area contributed by atoms with Crippen molar-refractivity contribution < 1.29 is 18.1 Å². The lowest BCUT2D eigenvalue weighted by Gasteiger charge is -2.30. The van der Waals surface area contributed by atoms with Gasteiger partial charge in [-0.2, -0.15) is 4.31 Å². The highest BCUT2D eigenvalue weighted by Gasteiger charge is 2.32. The van der Waals surface area contributed by atoms with Crippen LogP contribution in [0, 0.1) is 16.0 Å². The highest BCUT2D eigenvalue weighted by molar-refractivity contribution is 7.89. The number of hydrogen-bond acceptors (Lipinski definition) is 5. The first kappa shape index (κ1) is 20.2. The lowest BCUT2D eigenvalue weighted by atomic mass is 9.97. The molecule has 3 rings (SSSR count). The Bertz CT molecular complexity index is 990. The number of hydrogen-bond donors (Lipinski definition) is 1. The monoisotopic (exact) mass is 423 g/mol. The Morgan fingerprint density at radius 3 is 2.39 bits per heavy atom. The number of benzene rings is 2. The summed E-state index contributed by atoms with van der Waals surface area (Å²) < 4.78 is 26.7. The van der Waals surface area contributed by atoms with Gasteiger partial charge in [-0.3, -0.25) is 14.9 Å². The van der Waals surface area contributed by atoms with Crippen molar-refractivity contribution in [3.63, 3.8) is 0 Å². The van der Waals surface area contributed by atoms with Crippen molar-refractivity contribution in [2.24, 2.45) is 5.92 Å². The van der Waals surface area contributed by atoms with Crippen LogP contribution < -0.4 is 5.32 Å². The summed E-state index contributed by atoms with van der Waals surface area (Å²) >= 11 is 6.01. The van der Waals surface area contributed by atoms with E-state index in [-0.39, 0.29) is 40.3 Å². The van der Waals surface area contributed by atoms with Crippen LogP contribution in [-0.4, -0.2) is 36.6 Å². The number of piperidine rings is 1. The third-order valence-corrected chi connectivity index (χ3v) is 6.87. The minimum atomic E-state index is -3.59. The molecule has 0 atom stereocenters. The molecule has 148 valence electrons. The molecular weight excluding hydrogens is 406 g/mol. The molecule has 28 heavy (non-hydrogen) atoms. The number of nitro groups is 1. The fraction of sp³-hybridized carbons (Fsp3) is 0.278. The standard InChI is InChI=1S/C18H18ClN3O5S/c19-16-7-6-14(22(24)25)12-17(16)20-18(23)13-8-10-21(11-9-13)28(26,27)15-4-2-1-3-5-15/h1-7,12-13H,8-11H2,(H,20,23). The molecule has 1 heterocycles. The average Bonchev–Trinajstić information content (AvgIpc) is 2.70. The zero-order chi connectivity index (χ0) is 20.3. The van der Waals surface area contributed by atoms with E-state index in [1.54, 1.807) is 30.3 Å². The first-order chi connectivity index (χ1) is 13.3. The smallest absolute Gasteiger partial charge is 0.271 e. The molecule has 1 amide bonds. The van der Waals surface area contributed by atoms with E-state index in [0.717, 1.165) is 0 Å². The fourth-order valence-electron chi connectivity index (χ4n) is 3.06. The number of carbonyl (C=O) groups excluding carboxylic acids is 1. The van der Waals surface area contributed by atoms with Gasteiger partial charge in [-0.05, 0) is 31.0 Å². The summed E-state index contributed by atoms with van der Waals surface area (Å²) in [5, 5.41) is 13.7. The van der Waals surface area contributed by atoms with Crippen LogP contribution in [0.1, 0.15) is 12.8 Å². The van der Waals surface area contributed by atoms with Gasteiger partial charge in [0.1, 0.15) is 0 Å². The van der Waals surface area contributed by atoms with E-state index in [0.29, 0.717) is 12.8 Å². The molecule has 0 aliphatic carbocycles. The minimum absolute atomic E-state index is 0.167. The Kier molecular flexibility index (Phi) is 5.97. The number of non-ortho nitro benzene ring substituents is 1. The van der Waals surface area contributed by atoms with Gasteiger partial charge in [0.05, 0.1) is 20.5 Å². The van der Waals surface area contributed by atoms with Crippen LogP contribution in [-0.2, 0) is 14.8 Å². The predicted molar refractivity (Wildman–Crippen MR) is 105 cm³/mol. The lowest BCUT2D eigenvalue weighted by Crippen LogP contribution is -2.41. The van der Waals surface area contributed by atoms with Gasteiger partial charge in [0, 0.05) is 31.1 Å². The first-order valence-electron chi connectivity index (χ1n) is 8.59. The van der Waals surface area contributed by atoms with Crippen molar-refractivity contribution in [1.82, 2.24) is 4.31 Å². The molecule has 0 unspecified atom stereocenters. The van der Waals surface area contributed by atoms with E-state index >= 15 is 0 Å². The van der Waals surface area contributed by atoms with Gasteiger partial charge in [-0.15, -0.1) is 0 Å². The summed E-state index contributed by atoms with van der Waals surface area (Å²) in [7, 11) is -3.59. The number of nitro benzene ring substituents is 1. The van der Waals surface area contributed by atoms with E-state index in [9.17, 15) is 23.3 Å². The Morgan fingerprint density at radius 1 is 1.14 bits per heavy atom. The van der Waals surface area contributed by atoms with Crippen LogP contribution in [0.2, 0.25) is 5.02 Å². The number of nitrogens with one attached hydrogen (secondary N) is 1. The minimum Gasteiger partial charge on any atom is -0.324 e. The quantitative estimate of drug-likeness (QED) is 0.586. The van der Waals surface area contributed by atoms with Crippen LogP contribution >= 0.6 is 11.6 Å². The number of rotatable bonds is 5. The number of amides is 1. The van der Waals surface area contributed by atoms with Crippen molar-refractivity contribution in [1.29, 1.82) is 0 Å². The lowest BCUT2D eigenvalue weighted by molar-refractivity contribution is -0.384. The molecule has 1 saturated heterocycles. The summed E-state index contributed by atoms with van der Waals surface area (Å²) in [4.78, 5) is 23.1. The largest absolute Gasteiger partial charge is 0.324 e. The van der Waals surface area contributed by atoms with Crippen LogP contribution in [0.15, 0.2) is 53.4 Å². The molecule has 1 aliphatic rings. The van der Waals surface area contributed by atoms with Crippen molar-refractivity contribution >= 4 is 38.9 Å². The van der Waals surface area contributed by atoms with Crippen molar-refractivity contribution in [3.8, 4) is 0 Å². The van der Waals surface area contributed by atoms with E-state index in [1.165, 1.54) is 22.5 Å². The third-order valence-electron chi connectivity index (χ3n) is 4.62. The van der Waals surface area contributed by atoms with Crippen LogP contribution in [0.3, 0.4) is 0 Å². The molecule has 8 nitrogen and oxygen atoms in total. The first-order valence-corrected chi connectivity index (χ1v) is 10.4. The zero-order valence-corrected chi connectivity index (χ0v) is 16.3. The summed E-state index contributed by atoms with van der Waals surface area (Å²) in [5.41, 5.74) is -0.0105. The van der Waals surface area contributed by atoms with Gasteiger partial charge in [-0.25, -0.2) is 8.42 Å². The molecule has 0 bridgehead atoms. The molecule has 10 heteroatoms. The fourth-order valence-corrected chi connectivity index (χ4v) is 4.71. The van der Waals surface area contributed by atoms with Crippen LogP contribution in [0.5, 0.6) is 0 Å². The number of carbonyl (C=O) groups is 1. The normalized spacial score (nSPS) is 15.9. The van der Waals surface area contributed by atoms with E-state index in [1.807, 2.05) is 0 Å². The van der Waals surface area contributed by atoms with Crippen LogP contribution in [0.4, 0.5) is 11.4 Å². The maximum Gasteiger partial charge on any atom is 0.271 e. The van der Waals surface area contributed by atoms with Crippen LogP contribution in [0.25, 0.3) is 0 Å². The highest BCUT2D eigenvalue weighted by atomic mass is 35.5. The molecule has 2 aromatic rings. The second-order valence-corrected chi connectivity index (χ2v) is 8.75. The maximum atomic E-state index is 12.6. The molecule has 1 fully saturated rings. The summed E-state index contributed by atoms with van der Waals surface area (Å²) in [5.74, 6) is -0.739. The second kappa shape index (κ2) is 8.26. The van der Waals surface area contributed by atoms with Crippen molar-refractivity contribution in [2.75, 3.05) is 18.4 Å². The molecule has 1 N–H and O–H groups in total. The van der Waals surface area contributed by atoms with Gasteiger partial charge < -0.3 is 5.32 Å². The SMILES string of the molecule is O=C(Nc1cc([N+](=O)[O-])ccc1Cl)C1CCN(S(=O)(=O)c2ccccc2)CC1. The molecule has 0 saturated carbocycles. The Morgan fingerprint density at radius 2 is 1.79 bits per heavy atom. The molecule has 0 radical (unpaired) electrons. The number of nitrogens with zero attached hydrogens (tertiary/aromatic N) is 2. The summed E-state index contributed by atoms with van der Waals surface area (Å²) in [6.07, 6.45) is 0.703. The number of halogens is 1. The zero-order valence-electron chi connectivity index (χ0n) is 14.7. The number of sulfonamides is 1. The highest BCUT2D eigenvalue weighted by Crippen LogP contribution is 2.29. The van der Waals surface area contributed by atoms with Gasteiger partial charge >= 0.3 is 0 Å². The second-order valence-electron chi connectivity index (χ2n) is 6.40. The molecule has 0 spiro atoms. The average molecular weight is 424 g/mol. The number of anilines is 1. The van der Waals surface area contributed by atoms with Crippen molar-refractivity contribution in [3.05, 3.63) is 63.7 Å². The Hall–Kier alpha value is -2.49. The Labute approximate surface area is 167 Å². The third kappa shape index (κ3) is 4.32. The van der Waals surface area contributed by atoms with E-state index in [4.69, 9.17) is 11.6 Å². The van der Waals surface area contributed by atoms with E-state index < -0.39 is 20.9 Å². The molecule has 0 aromatic heterocycles. The van der Waals surface area contributed by atoms with Gasteiger partial charge in [0.15, 0.2) is 0 Å².